The maximum absolute atomic E-state index is 12.6. The zero-order valence-electron chi connectivity index (χ0n) is 15.4. The minimum absolute atomic E-state index is 0.0663. The second kappa shape index (κ2) is 8.56. The van der Waals surface area contributed by atoms with Crippen molar-refractivity contribution in [1.82, 2.24) is 19.4 Å². The summed E-state index contributed by atoms with van der Waals surface area (Å²) in [6.45, 7) is 3.35. The highest BCUT2D eigenvalue weighted by Crippen LogP contribution is 2.26. The zero-order valence-corrected chi connectivity index (χ0v) is 16.1. The first kappa shape index (κ1) is 18.7. The topological polar surface area (TPSA) is 53.4 Å². The van der Waals surface area contributed by atoms with E-state index >= 15 is 0 Å². The molecule has 1 atom stereocenters. The fourth-order valence-electron chi connectivity index (χ4n) is 3.29. The number of likely N-dealkylation sites (N-methyl/N-ethyl adjacent to an activating group) is 1. The second-order valence-electron chi connectivity index (χ2n) is 7.00. The lowest BCUT2D eigenvalue weighted by molar-refractivity contribution is 0.190. The van der Waals surface area contributed by atoms with Gasteiger partial charge in [0.15, 0.2) is 0 Å². The van der Waals surface area contributed by atoms with Crippen LogP contribution in [0.3, 0.4) is 0 Å². The smallest absolute Gasteiger partial charge is 0.321 e. The van der Waals surface area contributed by atoms with Crippen LogP contribution in [0.2, 0.25) is 5.02 Å². The van der Waals surface area contributed by atoms with Crippen molar-refractivity contribution in [1.29, 1.82) is 0 Å². The molecule has 0 bridgehead atoms. The van der Waals surface area contributed by atoms with Crippen molar-refractivity contribution < 1.29 is 4.79 Å². The van der Waals surface area contributed by atoms with E-state index in [0.717, 1.165) is 44.0 Å². The monoisotopic (exact) mass is 375 g/mol. The summed E-state index contributed by atoms with van der Waals surface area (Å²) in [5.41, 5.74) is 0.758. The van der Waals surface area contributed by atoms with Crippen molar-refractivity contribution >= 4 is 23.3 Å². The number of carbonyl (C=O) groups excluding carboxylic acids is 1. The summed E-state index contributed by atoms with van der Waals surface area (Å²) in [5, 5.41) is 3.61. The van der Waals surface area contributed by atoms with Crippen molar-refractivity contribution in [2.75, 3.05) is 39.0 Å². The molecule has 1 aromatic carbocycles. The molecule has 1 N–H and O–H groups in total. The van der Waals surface area contributed by atoms with Gasteiger partial charge in [0.05, 0.1) is 0 Å². The number of nitrogens with zero attached hydrogens (tertiary/aromatic N) is 4. The first-order chi connectivity index (χ1) is 12.5. The lowest BCUT2D eigenvalue weighted by atomic mass is 9.97. The maximum Gasteiger partial charge on any atom is 0.321 e. The highest BCUT2D eigenvalue weighted by atomic mass is 35.5. The van der Waals surface area contributed by atoms with Crippen LogP contribution in [0.1, 0.15) is 24.6 Å². The fraction of sp³-hybridized carbons (Fsp3) is 0.474. The minimum Gasteiger partial charge on any atom is -0.333 e. The number of carbonyl (C=O) groups is 1. The van der Waals surface area contributed by atoms with Gasteiger partial charge in [-0.3, -0.25) is 0 Å². The molecule has 0 radical (unpaired) electrons. The molecule has 1 aromatic heterocycles. The highest BCUT2D eigenvalue weighted by molar-refractivity contribution is 6.30. The number of hydrogen-bond donors (Lipinski definition) is 1. The first-order valence-electron chi connectivity index (χ1n) is 9.00. The van der Waals surface area contributed by atoms with Gasteiger partial charge in [0.25, 0.3) is 0 Å². The molecule has 2 heterocycles. The molecule has 0 spiro atoms. The quantitative estimate of drug-likeness (QED) is 0.870. The number of anilines is 1. The van der Waals surface area contributed by atoms with E-state index in [-0.39, 0.29) is 11.9 Å². The molecule has 1 fully saturated rings. The van der Waals surface area contributed by atoms with Gasteiger partial charge in [0, 0.05) is 55.2 Å². The summed E-state index contributed by atoms with van der Waals surface area (Å²) >= 11 is 5.90. The Kier molecular flexibility index (Phi) is 6.16. The lowest BCUT2D eigenvalue weighted by Crippen LogP contribution is -2.42. The van der Waals surface area contributed by atoms with E-state index in [2.05, 4.69) is 33.9 Å². The Morgan fingerprint density at radius 3 is 2.85 bits per heavy atom. The Labute approximate surface area is 159 Å². The van der Waals surface area contributed by atoms with E-state index < -0.39 is 0 Å². The molecule has 2 amide bonds. The number of hydrogen-bond acceptors (Lipinski definition) is 3. The Morgan fingerprint density at radius 2 is 2.12 bits per heavy atom. The second-order valence-corrected chi connectivity index (χ2v) is 7.44. The fourth-order valence-corrected chi connectivity index (χ4v) is 3.41. The molecule has 3 rings (SSSR count). The maximum atomic E-state index is 12.6. The van der Waals surface area contributed by atoms with Gasteiger partial charge in [-0.15, -0.1) is 0 Å². The number of likely N-dealkylation sites (tertiary alicyclic amines) is 1. The van der Waals surface area contributed by atoms with E-state index in [1.54, 1.807) is 12.1 Å². The van der Waals surface area contributed by atoms with Crippen LogP contribution in [0, 0.1) is 0 Å². The molecule has 1 aliphatic heterocycles. The van der Waals surface area contributed by atoms with Crippen LogP contribution in [-0.4, -0.2) is 59.1 Å². The van der Waals surface area contributed by atoms with Gasteiger partial charge in [-0.1, -0.05) is 11.6 Å². The van der Waals surface area contributed by atoms with Gasteiger partial charge in [-0.25, -0.2) is 9.78 Å². The van der Waals surface area contributed by atoms with Crippen molar-refractivity contribution in [3.63, 3.8) is 0 Å². The van der Waals surface area contributed by atoms with Gasteiger partial charge in [0.1, 0.15) is 5.82 Å². The number of urea groups is 1. The van der Waals surface area contributed by atoms with Crippen molar-refractivity contribution in [3.05, 3.63) is 47.5 Å². The Balaban J connectivity index is 1.63. The molecule has 2 aromatic rings. The van der Waals surface area contributed by atoms with Gasteiger partial charge in [-0.05, 0) is 51.2 Å². The van der Waals surface area contributed by atoms with Crippen molar-refractivity contribution in [3.8, 4) is 0 Å². The Bertz CT molecular complexity index is 728. The molecule has 1 unspecified atom stereocenters. The first-order valence-corrected chi connectivity index (χ1v) is 9.38. The molecule has 1 aliphatic rings. The van der Waals surface area contributed by atoms with Crippen LogP contribution >= 0.6 is 11.6 Å². The van der Waals surface area contributed by atoms with Gasteiger partial charge >= 0.3 is 6.03 Å². The van der Waals surface area contributed by atoms with Gasteiger partial charge < -0.3 is 19.7 Å². The number of rotatable bonds is 5. The lowest BCUT2D eigenvalue weighted by Gasteiger charge is -2.32. The van der Waals surface area contributed by atoms with Crippen LogP contribution < -0.4 is 5.32 Å². The molecular weight excluding hydrogens is 350 g/mol. The van der Waals surface area contributed by atoms with Gasteiger partial charge in [-0.2, -0.15) is 0 Å². The third-order valence-corrected chi connectivity index (χ3v) is 4.96. The molecule has 6 nitrogen and oxygen atoms in total. The Morgan fingerprint density at radius 1 is 1.35 bits per heavy atom. The predicted octanol–water partition coefficient (Wildman–Crippen LogP) is 3.51. The zero-order chi connectivity index (χ0) is 18.5. The highest BCUT2D eigenvalue weighted by Gasteiger charge is 2.27. The third-order valence-electron chi connectivity index (χ3n) is 4.71. The Hall–Kier alpha value is -2.05. The molecule has 0 saturated carbocycles. The largest absolute Gasteiger partial charge is 0.333 e. The number of piperidine rings is 1. The van der Waals surface area contributed by atoms with E-state index in [0.29, 0.717) is 11.6 Å². The summed E-state index contributed by atoms with van der Waals surface area (Å²) in [7, 11) is 4.14. The van der Waals surface area contributed by atoms with Crippen LogP contribution in [0.5, 0.6) is 0 Å². The molecule has 26 heavy (non-hydrogen) atoms. The SMILES string of the molecule is CN(C)CCn1ccnc1C1CCCN(C(=O)Nc2ccc(Cl)cc2)C1. The van der Waals surface area contributed by atoms with E-state index in [9.17, 15) is 4.79 Å². The summed E-state index contributed by atoms with van der Waals surface area (Å²) in [6.07, 6.45) is 5.94. The van der Waals surface area contributed by atoms with Gasteiger partial charge in [0.2, 0.25) is 0 Å². The van der Waals surface area contributed by atoms with Crippen LogP contribution in [-0.2, 0) is 6.54 Å². The molecular formula is C19H26ClN5O. The standard InChI is InChI=1S/C19H26ClN5O/c1-23(2)12-13-24-11-9-21-18(24)15-4-3-10-25(14-15)19(26)22-17-7-5-16(20)6-8-17/h5-9,11,15H,3-4,10,12-14H2,1-2H3,(H,22,26). The summed E-state index contributed by atoms with van der Waals surface area (Å²) in [5.74, 6) is 1.35. The number of benzene rings is 1. The number of halogens is 1. The minimum atomic E-state index is -0.0663. The van der Waals surface area contributed by atoms with E-state index in [4.69, 9.17) is 11.6 Å². The molecule has 1 saturated heterocycles. The summed E-state index contributed by atoms with van der Waals surface area (Å²) < 4.78 is 2.21. The predicted molar refractivity (Wildman–Crippen MR) is 105 cm³/mol. The van der Waals surface area contributed by atoms with E-state index in [1.807, 2.05) is 29.4 Å². The van der Waals surface area contributed by atoms with Crippen LogP contribution in [0.25, 0.3) is 0 Å². The molecule has 7 heteroatoms. The number of amides is 2. The van der Waals surface area contributed by atoms with Crippen molar-refractivity contribution in [2.45, 2.75) is 25.3 Å². The number of nitrogens with one attached hydrogen (secondary N) is 1. The van der Waals surface area contributed by atoms with Crippen molar-refractivity contribution in [2.24, 2.45) is 0 Å². The average Bonchev–Trinajstić information content (AvgIpc) is 3.10. The third kappa shape index (κ3) is 4.77. The van der Waals surface area contributed by atoms with E-state index in [1.165, 1.54) is 0 Å². The summed E-state index contributed by atoms with van der Waals surface area (Å²) in [6, 6.07) is 7.11. The average molecular weight is 376 g/mol. The van der Waals surface area contributed by atoms with Crippen LogP contribution in [0.15, 0.2) is 36.7 Å². The normalized spacial score (nSPS) is 17.5. The van der Waals surface area contributed by atoms with Crippen LogP contribution in [0.4, 0.5) is 10.5 Å². The number of imidazole rings is 1. The number of aromatic nitrogens is 2. The molecule has 140 valence electrons. The summed E-state index contributed by atoms with van der Waals surface area (Å²) in [4.78, 5) is 21.2. The molecule has 0 aliphatic carbocycles.